The van der Waals surface area contributed by atoms with Crippen LogP contribution >= 0.6 is 0 Å². The monoisotopic (exact) mass is 1030 g/mol. The summed E-state index contributed by atoms with van der Waals surface area (Å²) < 4.78 is 28.5. The van der Waals surface area contributed by atoms with Gasteiger partial charge in [-0.1, -0.05) is 94.0 Å². The summed E-state index contributed by atoms with van der Waals surface area (Å²) >= 11 is 0. The lowest BCUT2D eigenvalue weighted by Crippen LogP contribution is -2.11. The molecule has 0 radical (unpaired) electrons. The zero-order chi connectivity index (χ0) is 54.0. The summed E-state index contributed by atoms with van der Waals surface area (Å²) in [6.07, 6.45) is 10.7. The van der Waals surface area contributed by atoms with Crippen LogP contribution in [0.2, 0.25) is 0 Å². The third kappa shape index (κ3) is 11.7. The Morgan fingerprint density at radius 3 is 1.36 bits per heavy atom. The van der Waals surface area contributed by atoms with Crippen molar-refractivity contribution in [3.05, 3.63) is 192 Å². The van der Waals surface area contributed by atoms with Crippen molar-refractivity contribution in [2.24, 2.45) is 0 Å². The van der Waals surface area contributed by atoms with E-state index in [2.05, 4.69) is 237 Å². The molecule has 7 heteroatoms. The minimum absolute atomic E-state index is 0.354. The van der Waals surface area contributed by atoms with E-state index in [0.29, 0.717) is 38.3 Å². The Balaban J connectivity index is 0.969. The summed E-state index contributed by atoms with van der Waals surface area (Å²) in [6, 6.07) is 62.8. The van der Waals surface area contributed by atoms with E-state index in [4.69, 9.17) is 18.9 Å². The van der Waals surface area contributed by atoms with Crippen LogP contribution in [0.25, 0.3) is 55.0 Å². The van der Waals surface area contributed by atoms with Crippen molar-refractivity contribution in [3.8, 4) is 40.7 Å². The van der Waals surface area contributed by atoms with Gasteiger partial charge in [-0.15, -0.1) is 0 Å². The molecule has 8 aromatic carbocycles. The molecule has 2 heterocycles. The van der Waals surface area contributed by atoms with Gasteiger partial charge in [-0.25, -0.2) is 0 Å². The van der Waals surface area contributed by atoms with E-state index < -0.39 is 0 Å². The number of hydrogen-bond acceptors (Lipinski definition) is 5. The van der Waals surface area contributed by atoms with Gasteiger partial charge in [0.05, 0.1) is 48.5 Å². The summed E-state index contributed by atoms with van der Waals surface area (Å²) in [4.78, 5) is 2.39. The van der Waals surface area contributed by atoms with Crippen LogP contribution in [0.15, 0.2) is 170 Å². The maximum absolute atomic E-state index is 6.26. The van der Waals surface area contributed by atoms with Gasteiger partial charge in [0.2, 0.25) is 0 Å². The molecular weight excluding hydrogens is 959 g/mol. The highest BCUT2D eigenvalue weighted by Crippen LogP contribution is 2.42. The van der Waals surface area contributed by atoms with Gasteiger partial charge in [0, 0.05) is 56.4 Å². The molecule has 0 N–H and O–H groups in total. The van der Waals surface area contributed by atoms with Crippen molar-refractivity contribution in [1.29, 1.82) is 0 Å². The molecule has 10 rings (SSSR count). The number of aromatic nitrogens is 2. The van der Waals surface area contributed by atoms with Crippen molar-refractivity contribution < 1.29 is 18.9 Å². The van der Waals surface area contributed by atoms with Gasteiger partial charge in [0.15, 0.2) is 0 Å². The van der Waals surface area contributed by atoms with Crippen LogP contribution in [-0.4, -0.2) is 35.6 Å². The Morgan fingerprint density at radius 1 is 0.462 bits per heavy atom. The van der Waals surface area contributed by atoms with Crippen LogP contribution in [0, 0.1) is 25.9 Å². The van der Waals surface area contributed by atoms with Crippen molar-refractivity contribution >= 4 is 60.7 Å². The van der Waals surface area contributed by atoms with Crippen molar-refractivity contribution in [3.63, 3.8) is 0 Å². The second kappa shape index (κ2) is 24.9. The molecule has 0 aliphatic rings. The van der Waals surface area contributed by atoms with Crippen LogP contribution in [0.5, 0.6) is 17.2 Å². The van der Waals surface area contributed by atoms with E-state index in [1.807, 2.05) is 6.92 Å². The number of anilines is 3. The number of ether oxygens (including phenoxy) is 4. The summed E-state index contributed by atoms with van der Waals surface area (Å²) in [5, 5.41) is 4.85. The minimum Gasteiger partial charge on any atom is -0.494 e. The molecule has 0 fully saturated rings. The second-order valence-electron chi connectivity index (χ2n) is 20.9. The maximum Gasteiger partial charge on any atom is 0.120 e. The lowest BCUT2D eigenvalue weighted by atomic mass is 9.84. The summed E-state index contributed by atoms with van der Waals surface area (Å²) in [5.41, 5.74) is 15.3. The lowest BCUT2D eigenvalue weighted by Gasteiger charge is -2.27. The zero-order valence-electron chi connectivity index (χ0n) is 46.8. The largest absolute Gasteiger partial charge is 0.494 e. The Bertz CT molecular complexity index is 3550. The molecule has 0 bridgehead atoms. The Labute approximate surface area is 462 Å². The molecule has 10 aromatic rings. The average Bonchev–Trinajstić information content (AvgIpc) is 4.08. The fraction of sp³-hybridized carbons (Fsp3) is 0.296. The maximum atomic E-state index is 6.26. The molecule has 0 amide bonds. The fourth-order valence-corrected chi connectivity index (χ4v) is 11.0. The van der Waals surface area contributed by atoms with E-state index >= 15 is 0 Å². The second-order valence-corrected chi connectivity index (χ2v) is 20.9. The molecule has 7 nitrogen and oxygen atoms in total. The highest BCUT2D eigenvalue weighted by molar-refractivity contribution is 6.11. The first-order valence-electron chi connectivity index (χ1n) is 28.5. The number of rotatable bonds is 23. The van der Waals surface area contributed by atoms with Crippen LogP contribution in [0.1, 0.15) is 120 Å². The molecule has 2 unspecified atom stereocenters. The van der Waals surface area contributed by atoms with E-state index in [9.17, 15) is 0 Å². The third-order valence-corrected chi connectivity index (χ3v) is 15.3. The average molecular weight is 1030 g/mol. The van der Waals surface area contributed by atoms with Crippen LogP contribution in [0.4, 0.5) is 17.1 Å². The number of nitrogens with zero attached hydrogens (tertiary/aromatic N) is 3. The molecule has 78 heavy (non-hydrogen) atoms. The van der Waals surface area contributed by atoms with Gasteiger partial charge >= 0.3 is 0 Å². The number of hydrogen-bond donors (Lipinski definition) is 0. The molecular formula is C71H75N3O4. The third-order valence-electron chi connectivity index (χ3n) is 15.3. The molecule has 2 atom stereocenters. The van der Waals surface area contributed by atoms with Crippen molar-refractivity contribution in [1.82, 2.24) is 9.13 Å². The first-order valence-corrected chi connectivity index (χ1v) is 28.5. The van der Waals surface area contributed by atoms with Crippen LogP contribution < -0.4 is 19.1 Å². The van der Waals surface area contributed by atoms with Gasteiger partial charge in [-0.2, -0.15) is 0 Å². The summed E-state index contributed by atoms with van der Waals surface area (Å²) in [7, 11) is 0. The van der Waals surface area contributed by atoms with Gasteiger partial charge in [0.1, 0.15) is 23.4 Å². The van der Waals surface area contributed by atoms with Gasteiger partial charge in [0.25, 0.3) is 0 Å². The van der Waals surface area contributed by atoms with Gasteiger partial charge in [-0.3, -0.25) is 0 Å². The highest BCUT2D eigenvalue weighted by atomic mass is 16.5. The lowest BCUT2D eigenvalue weighted by molar-refractivity contribution is 0.297. The summed E-state index contributed by atoms with van der Waals surface area (Å²) in [5.74, 6) is 6.50. The van der Waals surface area contributed by atoms with E-state index in [-0.39, 0.29) is 0 Å². The molecule has 398 valence electrons. The highest BCUT2D eigenvalue weighted by Gasteiger charge is 2.21. The van der Waals surface area contributed by atoms with E-state index in [0.717, 1.165) is 119 Å². The predicted octanol–water partition coefficient (Wildman–Crippen LogP) is 19.2. The van der Waals surface area contributed by atoms with Gasteiger partial charge < -0.3 is 33.0 Å². The standard InChI is InChI=1S/C71H75N3O4/c1-8-12-42-77-62-35-39-70-66(48-62)67-49-63(78-43-13-9-2)36-40-71(67)74(70)60-31-27-58(28-32-60)72(57-25-29-59(30-26-57)73-68-37-17-50(5)45-64(68)65-46-51(6)18-38-69(65)73)56-23-19-54(20-24-56)52(7)47-53(10-3)55-21-33-61(34-22-55)76-44-16-14-15-41-75-11-4/h17-40,45-46,48-49,52-53H,8-14,16,42-44,47H2,1-7H3. The molecule has 0 saturated carbocycles. The van der Waals surface area contributed by atoms with E-state index in [1.165, 1.54) is 44.1 Å². The quantitative estimate of drug-likeness (QED) is 0.0472. The van der Waals surface area contributed by atoms with E-state index in [1.54, 1.807) is 0 Å². The smallest absolute Gasteiger partial charge is 0.120 e. The normalized spacial score (nSPS) is 12.2. The topological polar surface area (TPSA) is 50.0 Å². The zero-order valence-corrected chi connectivity index (χ0v) is 46.8. The van der Waals surface area contributed by atoms with Crippen molar-refractivity contribution in [2.45, 2.75) is 112 Å². The number of benzene rings is 8. The molecule has 0 saturated heterocycles. The molecule has 0 spiro atoms. The Kier molecular flexibility index (Phi) is 17.0. The van der Waals surface area contributed by atoms with Crippen molar-refractivity contribution in [2.75, 3.05) is 31.3 Å². The molecule has 0 aliphatic carbocycles. The molecule has 2 aromatic heterocycles. The first-order chi connectivity index (χ1) is 38.2. The number of fused-ring (bicyclic) bond motifs is 6. The fourth-order valence-electron chi connectivity index (χ4n) is 11.0. The predicted molar refractivity (Wildman–Crippen MR) is 327 cm³/mol. The SMILES string of the molecule is CCCCOc1ccc2c(c1)c1cc(OCCCC)ccc1n2-c1ccc(N(c2ccc(C(C)CC(CC)c3ccc(OCCCC#COCC)cc3)cc2)c2ccc(-n3c4ccc(C)cc4c4cc(C)ccc43)cc2)cc1. The molecule has 0 aliphatic heterocycles. The number of aryl methyl sites for hydroxylation is 2. The van der Waals surface area contributed by atoms with Gasteiger partial charge in [-0.05, 0) is 209 Å². The number of unbranched alkanes of at least 4 members (excludes halogenated alkanes) is 3. The summed E-state index contributed by atoms with van der Waals surface area (Å²) in [6.45, 7) is 18.0. The minimum atomic E-state index is 0.354. The Morgan fingerprint density at radius 2 is 0.885 bits per heavy atom. The first kappa shape index (κ1) is 53.3. The van der Waals surface area contributed by atoms with Crippen LogP contribution in [-0.2, 0) is 4.74 Å². The Hall–Kier alpha value is -8.08. The van der Waals surface area contributed by atoms with Crippen LogP contribution in [0.3, 0.4) is 0 Å².